The van der Waals surface area contributed by atoms with Crippen molar-refractivity contribution in [2.75, 3.05) is 26.7 Å². The molecular formula is C14H27N3O3. The number of hydrogen-bond acceptors (Lipinski definition) is 4. The maximum Gasteiger partial charge on any atom is 0.314 e. The van der Waals surface area contributed by atoms with Crippen molar-refractivity contribution in [3.63, 3.8) is 0 Å². The van der Waals surface area contributed by atoms with Gasteiger partial charge < -0.3 is 20.7 Å². The molecule has 1 fully saturated rings. The first-order chi connectivity index (χ1) is 9.42. The lowest BCUT2D eigenvalue weighted by atomic mass is 9.90. The van der Waals surface area contributed by atoms with Crippen LogP contribution < -0.4 is 11.1 Å². The molecule has 2 unspecified atom stereocenters. The van der Waals surface area contributed by atoms with Crippen LogP contribution >= 0.6 is 0 Å². The Kier molecular flexibility index (Phi) is 6.78. The number of nitrogens with one attached hydrogen (secondary N) is 1. The Labute approximate surface area is 121 Å². The van der Waals surface area contributed by atoms with Crippen LogP contribution in [0.15, 0.2) is 0 Å². The predicted molar refractivity (Wildman–Crippen MR) is 77.1 cm³/mol. The van der Waals surface area contributed by atoms with Gasteiger partial charge in [-0.1, -0.05) is 13.8 Å². The van der Waals surface area contributed by atoms with Crippen LogP contribution in [0.1, 0.15) is 33.1 Å². The van der Waals surface area contributed by atoms with E-state index in [2.05, 4.69) is 23.9 Å². The minimum atomic E-state index is -0.385. The van der Waals surface area contributed by atoms with Gasteiger partial charge in [0.2, 0.25) is 0 Å². The number of methoxy groups -OCH3 is 1. The third-order valence-electron chi connectivity index (χ3n) is 3.65. The van der Waals surface area contributed by atoms with Crippen LogP contribution in [0.25, 0.3) is 0 Å². The molecule has 1 aliphatic rings. The highest BCUT2D eigenvalue weighted by Crippen LogP contribution is 2.21. The normalized spacial score (nSPS) is 22.9. The molecule has 1 heterocycles. The topological polar surface area (TPSA) is 84.7 Å². The minimum absolute atomic E-state index is 0.201. The summed E-state index contributed by atoms with van der Waals surface area (Å²) >= 11 is 0. The summed E-state index contributed by atoms with van der Waals surface area (Å²) < 4.78 is 4.66. The molecule has 0 aromatic carbocycles. The average Bonchev–Trinajstić information content (AvgIpc) is 2.42. The number of carbonyl (C=O) groups is 2. The number of primary amides is 1. The van der Waals surface area contributed by atoms with E-state index in [1.54, 1.807) is 4.90 Å². The van der Waals surface area contributed by atoms with Crippen molar-refractivity contribution in [3.8, 4) is 0 Å². The van der Waals surface area contributed by atoms with Crippen LogP contribution in [0.3, 0.4) is 0 Å². The van der Waals surface area contributed by atoms with E-state index in [1.165, 1.54) is 7.11 Å². The number of rotatable bonds is 6. The van der Waals surface area contributed by atoms with Crippen molar-refractivity contribution < 1.29 is 14.3 Å². The van der Waals surface area contributed by atoms with Crippen molar-refractivity contribution in [3.05, 3.63) is 0 Å². The second kappa shape index (κ2) is 8.09. The number of nitrogens with zero attached hydrogens (tertiary/aromatic N) is 1. The van der Waals surface area contributed by atoms with Gasteiger partial charge in [0.15, 0.2) is 0 Å². The Hall–Kier alpha value is -1.30. The van der Waals surface area contributed by atoms with Crippen molar-refractivity contribution >= 4 is 12.0 Å². The van der Waals surface area contributed by atoms with E-state index < -0.39 is 0 Å². The first-order valence-corrected chi connectivity index (χ1v) is 7.27. The highest BCUT2D eigenvalue weighted by atomic mass is 16.5. The lowest BCUT2D eigenvalue weighted by Gasteiger charge is -2.37. The number of nitrogens with two attached hydrogens (primary N) is 1. The quantitative estimate of drug-likeness (QED) is 0.712. The molecule has 2 amide bonds. The van der Waals surface area contributed by atoms with Gasteiger partial charge in [0.25, 0.3) is 0 Å². The Morgan fingerprint density at radius 3 is 2.65 bits per heavy atom. The summed E-state index contributed by atoms with van der Waals surface area (Å²) in [6, 6.07) is -0.134. The van der Waals surface area contributed by atoms with Crippen LogP contribution in [-0.2, 0) is 9.53 Å². The minimum Gasteiger partial charge on any atom is -0.469 e. The fraction of sp³-hybridized carbons (Fsp3) is 0.857. The molecule has 3 N–H and O–H groups in total. The van der Waals surface area contributed by atoms with Gasteiger partial charge in [0, 0.05) is 25.6 Å². The molecule has 0 aliphatic carbocycles. The first-order valence-electron chi connectivity index (χ1n) is 7.27. The molecule has 0 spiro atoms. The Bertz CT molecular complexity index is 334. The number of amides is 2. The summed E-state index contributed by atoms with van der Waals surface area (Å²) in [5.74, 6) is 0.653. The summed E-state index contributed by atoms with van der Waals surface area (Å²) in [5.41, 5.74) is 5.40. The zero-order valence-corrected chi connectivity index (χ0v) is 12.7. The Balaban J connectivity index is 2.51. The fourth-order valence-electron chi connectivity index (χ4n) is 2.57. The van der Waals surface area contributed by atoms with Gasteiger partial charge in [-0.25, -0.2) is 4.79 Å². The largest absolute Gasteiger partial charge is 0.469 e. The molecule has 0 radical (unpaired) electrons. The van der Waals surface area contributed by atoms with E-state index in [4.69, 9.17) is 5.73 Å². The van der Waals surface area contributed by atoms with Gasteiger partial charge in [-0.15, -0.1) is 0 Å². The summed E-state index contributed by atoms with van der Waals surface area (Å²) in [4.78, 5) is 24.3. The predicted octanol–water partition coefficient (Wildman–Crippen LogP) is 0.954. The standard InChI is InChI=1S/C14H27N3O3/c1-10(2)7-16-12-6-11(4-5-13(18)20-3)8-17(9-12)14(15)19/h10-12,16H,4-9H2,1-3H3,(H2,15,19). The molecular weight excluding hydrogens is 258 g/mol. The Morgan fingerprint density at radius 1 is 1.40 bits per heavy atom. The second-order valence-electron chi connectivity index (χ2n) is 5.96. The molecule has 2 atom stereocenters. The van der Waals surface area contributed by atoms with Crippen LogP contribution in [0.5, 0.6) is 0 Å². The maximum absolute atomic E-state index is 11.4. The monoisotopic (exact) mass is 285 g/mol. The molecule has 6 nitrogen and oxygen atoms in total. The van der Waals surface area contributed by atoms with Gasteiger partial charge in [0.1, 0.15) is 0 Å². The van der Waals surface area contributed by atoms with E-state index in [0.29, 0.717) is 31.3 Å². The van der Waals surface area contributed by atoms with E-state index >= 15 is 0 Å². The molecule has 1 aliphatic heterocycles. The van der Waals surface area contributed by atoms with Gasteiger partial charge in [-0.2, -0.15) is 0 Å². The molecule has 0 aromatic rings. The number of hydrogen-bond donors (Lipinski definition) is 2. The lowest BCUT2D eigenvalue weighted by Crippen LogP contribution is -2.53. The number of ether oxygens (including phenoxy) is 1. The van der Waals surface area contributed by atoms with Crippen LogP contribution in [-0.4, -0.2) is 49.7 Å². The van der Waals surface area contributed by atoms with Gasteiger partial charge >= 0.3 is 12.0 Å². The molecule has 0 saturated carbocycles. The number of urea groups is 1. The highest BCUT2D eigenvalue weighted by molar-refractivity contribution is 5.72. The third-order valence-corrected chi connectivity index (χ3v) is 3.65. The van der Waals surface area contributed by atoms with Crippen molar-refractivity contribution in [2.24, 2.45) is 17.6 Å². The van der Waals surface area contributed by atoms with E-state index in [-0.39, 0.29) is 18.0 Å². The molecule has 6 heteroatoms. The van der Waals surface area contributed by atoms with Gasteiger partial charge in [-0.3, -0.25) is 4.79 Å². The first kappa shape index (κ1) is 16.8. The number of esters is 1. The molecule has 1 rings (SSSR count). The summed E-state index contributed by atoms with van der Waals surface area (Å²) in [6.07, 6.45) is 2.09. The van der Waals surface area contributed by atoms with E-state index in [9.17, 15) is 9.59 Å². The molecule has 0 bridgehead atoms. The molecule has 1 saturated heterocycles. The zero-order valence-electron chi connectivity index (χ0n) is 12.7. The maximum atomic E-state index is 11.4. The highest BCUT2D eigenvalue weighted by Gasteiger charge is 2.29. The fourth-order valence-corrected chi connectivity index (χ4v) is 2.57. The average molecular weight is 285 g/mol. The van der Waals surface area contributed by atoms with E-state index in [0.717, 1.165) is 19.4 Å². The molecule has 20 heavy (non-hydrogen) atoms. The summed E-state index contributed by atoms with van der Waals surface area (Å²) in [6.45, 7) is 6.50. The smallest absolute Gasteiger partial charge is 0.314 e. The van der Waals surface area contributed by atoms with Gasteiger partial charge in [0.05, 0.1) is 7.11 Å². The summed E-state index contributed by atoms with van der Waals surface area (Å²) in [5, 5.41) is 3.47. The van der Waals surface area contributed by atoms with Crippen molar-refractivity contribution in [2.45, 2.75) is 39.2 Å². The Morgan fingerprint density at radius 2 is 2.10 bits per heavy atom. The van der Waals surface area contributed by atoms with Crippen LogP contribution in [0.2, 0.25) is 0 Å². The van der Waals surface area contributed by atoms with Crippen LogP contribution in [0.4, 0.5) is 4.79 Å². The SMILES string of the molecule is COC(=O)CCC1CC(NCC(C)C)CN(C(N)=O)C1. The van der Waals surface area contributed by atoms with Crippen LogP contribution in [0, 0.1) is 11.8 Å². The number of likely N-dealkylation sites (tertiary alicyclic amines) is 1. The van der Waals surface area contributed by atoms with Crippen molar-refractivity contribution in [1.29, 1.82) is 0 Å². The molecule has 116 valence electrons. The zero-order chi connectivity index (χ0) is 15.1. The lowest BCUT2D eigenvalue weighted by molar-refractivity contribution is -0.141. The second-order valence-corrected chi connectivity index (χ2v) is 5.96. The summed E-state index contributed by atoms with van der Waals surface area (Å²) in [7, 11) is 1.39. The van der Waals surface area contributed by atoms with Crippen molar-refractivity contribution in [1.82, 2.24) is 10.2 Å². The van der Waals surface area contributed by atoms with Gasteiger partial charge in [-0.05, 0) is 31.2 Å². The number of carbonyl (C=O) groups excluding carboxylic acids is 2. The number of piperidine rings is 1. The van der Waals surface area contributed by atoms with E-state index in [1.807, 2.05) is 0 Å². The third kappa shape index (κ3) is 5.77. The molecule has 0 aromatic heterocycles.